The first-order chi connectivity index (χ1) is 7.45. The van der Waals surface area contributed by atoms with E-state index in [1.165, 1.54) is 17.9 Å². The molecule has 1 rings (SSSR count). The molecule has 7 heteroatoms. The predicted octanol–water partition coefficient (Wildman–Crippen LogP) is 0.909. The van der Waals surface area contributed by atoms with Gasteiger partial charge >= 0.3 is 11.8 Å². The van der Waals surface area contributed by atoms with Crippen LogP contribution in [0.15, 0.2) is 6.07 Å². The minimum Gasteiger partial charge on any atom is -0.469 e. The largest absolute Gasteiger partial charge is 0.469 e. The Morgan fingerprint density at radius 2 is 2.38 bits per heavy atom. The van der Waals surface area contributed by atoms with Crippen LogP contribution < -0.4 is 0 Å². The van der Waals surface area contributed by atoms with Crippen LogP contribution in [0, 0.1) is 23.0 Å². The molecule has 0 bridgehead atoms. The van der Waals surface area contributed by atoms with Crippen LogP contribution in [0.3, 0.4) is 0 Å². The molecule has 0 saturated heterocycles. The van der Waals surface area contributed by atoms with Crippen LogP contribution in [0.1, 0.15) is 12.6 Å². The van der Waals surface area contributed by atoms with Crippen molar-refractivity contribution in [1.29, 1.82) is 0 Å². The SMILES string of the molecule is COC(=O)[C@H](C)Cn1nc([N+](=O)[O-])cc1C. The molecule has 0 fully saturated rings. The van der Waals surface area contributed by atoms with Gasteiger partial charge in [-0.3, -0.25) is 4.79 Å². The van der Waals surface area contributed by atoms with Gasteiger partial charge in [-0.1, -0.05) is 6.92 Å². The zero-order chi connectivity index (χ0) is 12.3. The Hall–Kier alpha value is -1.92. The Balaban J connectivity index is 2.81. The van der Waals surface area contributed by atoms with Crippen LogP contribution in [-0.4, -0.2) is 27.8 Å². The number of ether oxygens (including phenoxy) is 1. The minimum absolute atomic E-state index is 0.213. The van der Waals surface area contributed by atoms with Crippen LogP contribution in [0.5, 0.6) is 0 Å². The molecule has 0 aromatic carbocycles. The Labute approximate surface area is 92.2 Å². The summed E-state index contributed by atoms with van der Waals surface area (Å²) in [6.45, 7) is 3.65. The highest BCUT2D eigenvalue weighted by molar-refractivity contribution is 5.71. The van der Waals surface area contributed by atoms with E-state index in [9.17, 15) is 14.9 Å². The molecule has 88 valence electrons. The van der Waals surface area contributed by atoms with E-state index in [0.717, 1.165) is 0 Å². The molecule has 16 heavy (non-hydrogen) atoms. The second-order valence-electron chi connectivity index (χ2n) is 3.51. The quantitative estimate of drug-likeness (QED) is 0.433. The second kappa shape index (κ2) is 4.73. The third-order valence-electron chi connectivity index (χ3n) is 2.21. The number of methoxy groups -OCH3 is 1. The number of nitrogens with zero attached hydrogens (tertiary/aromatic N) is 3. The maximum Gasteiger partial charge on any atom is 0.390 e. The zero-order valence-electron chi connectivity index (χ0n) is 9.34. The minimum atomic E-state index is -0.563. The molecule has 1 heterocycles. The first-order valence-corrected chi connectivity index (χ1v) is 4.72. The second-order valence-corrected chi connectivity index (χ2v) is 3.51. The number of aryl methyl sites for hydroxylation is 1. The molecule has 0 radical (unpaired) electrons. The van der Waals surface area contributed by atoms with Gasteiger partial charge in [0.1, 0.15) is 0 Å². The van der Waals surface area contributed by atoms with Gasteiger partial charge in [0.25, 0.3) is 0 Å². The fourth-order valence-corrected chi connectivity index (χ4v) is 1.30. The van der Waals surface area contributed by atoms with E-state index in [2.05, 4.69) is 9.84 Å². The van der Waals surface area contributed by atoms with Gasteiger partial charge in [-0.15, -0.1) is 0 Å². The van der Waals surface area contributed by atoms with Crippen LogP contribution in [0.4, 0.5) is 5.82 Å². The van der Waals surface area contributed by atoms with Gasteiger partial charge in [0.15, 0.2) is 0 Å². The number of nitro groups is 1. The van der Waals surface area contributed by atoms with E-state index >= 15 is 0 Å². The highest BCUT2D eigenvalue weighted by Crippen LogP contribution is 2.13. The summed E-state index contributed by atoms with van der Waals surface area (Å²) >= 11 is 0. The van der Waals surface area contributed by atoms with Gasteiger partial charge in [0, 0.05) is 0 Å². The molecule has 1 aromatic rings. The van der Waals surface area contributed by atoms with Gasteiger partial charge < -0.3 is 14.9 Å². The Morgan fingerprint density at radius 1 is 1.75 bits per heavy atom. The molecular weight excluding hydrogens is 214 g/mol. The number of carbonyl (C=O) groups excluding carboxylic acids is 1. The van der Waals surface area contributed by atoms with Crippen molar-refractivity contribution in [1.82, 2.24) is 9.78 Å². The maximum absolute atomic E-state index is 11.2. The average Bonchev–Trinajstić information content (AvgIpc) is 2.59. The number of hydrogen-bond donors (Lipinski definition) is 0. The number of esters is 1. The molecule has 0 aliphatic carbocycles. The number of aromatic nitrogens is 2. The Kier molecular flexibility index (Phi) is 3.60. The summed E-state index contributed by atoms with van der Waals surface area (Å²) in [5.74, 6) is -0.963. The van der Waals surface area contributed by atoms with E-state index in [1.54, 1.807) is 13.8 Å². The molecule has 0 N–H and O–H groups in total. The van der Waals surface area contributed by atoms with Crippen molar-refractivity contribution in [2.45, 2.75) is 20.4 Å². The van der Waals surface area contributed by atoms with E-state index in [-0.39, 0.29) is 24.2 Å². The lowest BCUT2D eigenvalue weighted by molar-refractivity contribution is -0.389. The van der Waals surface area contributed by atoms with Crippen molar-refractivity contribution in [2.24, 2.45) is 5.92 Å². The monoisotopic (exact) mass is 227 g/mol. The average molecular weight is 227 g/mol. The molecule has 1 atom stereocenters. The molecule has 7 nitrogen and oxygen atoms in total. The molecule has 0 spiro atoms. The molecule has 0 saturated carbocycles. The van der Waals surface area contributed by atoms with Crippen molar-refractivity contribution in [3.63, 3.8) is 0 Å². The number of carbonyl (C=O) groups is 1. The first-order valence-electron chi connectivity index (χ1n) is 4.72. The van der Waals surface area contributed by atoms with Crippen molar-refractivity contribution < 1.29 is 14.5 Å². The van der Waals surface area contributed by atoms with Crippen molar-refractivity contribution in [2.75, 3.05) is 7.11 Å². The van der Waals surface area contributed by atoms with E-state index in [4.69, 9.17) is 0 Å². The third-order valence-corrected chi connectivity index (χ3v) is 2.21. The van der Waals surface area contributed by atoms with E-state index in [1.807, 2.05) is 0 Å². The number of hydrogen-bond acceptors (Lipinski definition) is 5. The summed E-state index contributed by atoms with van der Waals surface area (Å²) in [4.78, 5) is 21.1. The third kappa shape index (κ3) is 2.56. The molecule has 0 aliphatic heterocycles. The topological polar surface area (TPSA) is 87.3 Å². The lowest BCUT2D eigenvalue weighted by Gasteiger charge is -2.07. The molecule has 1 aromatic heterocycles. The summed E-state index contributed by atoms with van der Waals surface area (Å²) in [5, 5.41) is 14.3. The maximum atomic E-state index is 11.2. The van der Waals surface area contributed by atoms with Crippen LogP contribution in [-0.2, 0) is 16.1 Å². The summed E-state index contributed by atoms with van der Waals surface area (Å²) in [6, 6.07) is 1.37. The standard InChI is InChI=1S/C9H13N3O4/c1-6(9(13)16-3)5-11-7(2)4-8(10-11)12(14)15/h4,6H,5H2,1-3H3/t6-/m1/s1. The van der Waals surface area contributed by atoms with Crippen LogP contribution in [0.2, 0.25) is 0 Å². The zero-order valence-corrected chi connectivity index (χ0v) is 9.34. The lowest BCUT2D eigenvalue weighted by Crippen LogP contribution is -2.20. The highest BCUT2D eigenvalue weighted by atomic mass is 16.6. The van der Waals surface area contributed by atoms with Crippen molar-refractivity contribution in [3.8, 4) is 0 Å². The normalized spacial score (nSPS) is 12.2. The smallest absolute Gasteiger partial charge is 0.390 e. The van der Waals surface area contributed by atoms with Crippen molar-refractivity contribution >= 4 is 11.8 Å². The van der Waals surface area contributed by atoms with Gasteiger partial charge in [-0.05, 0) is 11.8 Å². The van der Waals surface area contributed by atoms with Gasteiger partial charge in [0.05, 0.1) is 36.4 Å². The molecule has 0 amide bonds. The van der Waals surface area contributed by atoms with E-state index < -0.39 is 4.92 Å². The van der Waals surface area contributed by atoms with Gasteiger partial charge in [0.2, 0.25) is 0 Å². The van der Waals surface area contributed by atoms with Gasteiger partial charge in [-0.25, -0.2) is 0 Å². The summed E-state index contributed by atoms with van der Waals surface area (Å²) < 4.78 is 5.99. The molecule has 0 unspecified atom stereocenters. The Morgan fingerprint density at radius 3 is 2.81 bits per heavy atom. The summed E-state index contributed by atoms with van der Waals surface area (Å²) in [7, 11) is 1.30. The predicted molar refractivity (Wildman–Crippen MR) is 54.8 cm³/mol. The fraction of sp³-hybridized carbons (Fsp3) is 0.556. The van der Waals surface area contributed by atoms with E-state index in [0.29, 0.717) is 5.69 Å². The molecular formula is C9H13N3O4. The summed E-state index contributed by atoms with van der Waals surface area (Å²) in [5.41, 5.74) is 0.641. The summed E-state index contributed by atoms with van der Waals surface area (Å²) in [6.07, 6.45) is 0. The van der Waals surface area contributed by atoms with Crippen molar-refractivity contribution in [3.05, 3.63) is 21.9 Å². The first kappa shape index (κ1) is 12.2. The fourth-order valence-electron chi connectivity index (χ4n) is 1.30. The lowest BCUT2D eigenvalue weighted by atomic mass is 10.2. The Bertz CT molecular complexity index is 413. The number of rotatable bonds is 4. The van der Waals surface area contributed by atoms with Crippen LogP contribution in [0.25, 0.3) is 0 Å². The van der Waals surface area contributed by atoms with Crippen LogP contribution >= 0.6 is 0 Å². The molecule has 0 aliphatic rings. The van der Waals surface area contributed by atoms with Gasteiger partial charge in [-0.2, -0.15) is 4.68 Å². The highest BCUT2D eigenvalue weighted by Gasteiger charge is 2.20.